The Morgan fingerprint density at radius 1 is 0.625 bits per heavy atom. The van der Waals surface area contributed by atoms with Crippen molar-refractivity contribution in [1.29, 1.82) is 0 Å². The van der Waals surface area contributed by atoms with Crippen LogP contribution < -0.4 is 0 Å². The predicted molar refractivity (Wildman–Crippen MR) is 81.6 cm³/mol. The lowest BCUT2D eigenvalue weighted by Gasteiger charge is -2.22. The molecule has 0 aliphatic carbocycles. The third-order valence-electron chi connectivity index (χ3n) is 1.88. The van der Waals surface area contributed by atoms with Crippen LogP contribution in [0.4, 0.5) is 0 Å². The number of rotatable bonds is 9. The molecule has 0 bridgehead atoms. The Bertz CT molecular complexity index is 171. The SMILES string of the molecule is CO[Si](C)(OC)SSSS[Si](C)(OC)OC. The molecule has 0 amide bonds. The predicted octanol–water partition coefficient (Wildman–Crippen LogP) is 3.39. The highest BCUT2D eigenvalue weighted by Crippen LogP contribution is 2.50. The highest BCUT2D eigenvalue weighted by Gasteiger charge is 2.34. The minimum absolute atomic E-state index is 1.65. The lowest BCUT2D eigenvalue weighted by atomic mass is 11.8. The van der Waals surface area contributed by atoms with Gasteiger partial charge in [0.1, 0.15) is 0 Å². The van der Waals surface area contributed by atoms with E-state index in [0.29, 0.717) is 0 Å². The van der Waals surface area contributed by atoms with E-state index in [2.05, 4.69) is 0 Å². The van der Waals surface area contributed by atoms with Crippen LogP contribution in [0.1, 0.15) is 0 Å². The molecule has 0 radical (unpaired) electrons. The van der Waals surface area contributed by atoms with Gasteiger partial charge in [0.05, 0.1) is 0 Å². The van der Waals surface area contributed by atoms with Crippen molar-refractivity contribution in [2.75, 3.05) is 28.4 Å². The van der Waals surface area contributed by atoms with E-state index in [1.54, 1.807) is 68.6 Å². The van der Waals surface area contributed by atoms with E-state index in [9.17, 15) is 0 Å². The van der Waals surface area contributed by atoms with Gasteiger partial charge in [-0.2, -0.15) is 0 Å². The van der Waals surface area contributed by atoms with E-state index in [0.717, 1.165) is 0 Å². The third-order valence-corrected chi connectivity index (χ3v) is 22.4. The molecule has 0 aliphatic heterocycles. The second-order valence-electron chi connectivity index (χ2n) is 2.84. The van der Waals surface area contributed by atoms with Gasteiger partial charge in [-0.25, -0.2) is 0 Å². The zero-order valence-electron chi connectivity index (χ0n) is 10.3. The topological polar surface area (TPSA) is 36.9 Å². The Labute approximate surface area is 114 Å². The van der Waals surface area contributed by atoms with Gasteiger partial charge in [0, 0.05) is 28.4 Å². The van der Waals surface area contributed by atoms with Crippen LogP contribution >= 0.6 is 40.1 Å². The highest BCUT2D eigenvalue weighted by molar-refractivity contribution is 9.31. The molecule has 0 saturated carbocycles. The monoisotopic (exact) mass is 338 g/mol. The van der Waals surface area contributed by atoms with Gasteiger partial charge >= 0.3 is 15.4 Å². The van der Waals surface area contributed by atoms with Gasteiger partial charge in [0.25, 0.3) is 0 Å². The molecule has 0 fully saturated rings. The van der Waals surface area contributed by atoms with Crippen molar-refractivity contribution >= 4 is 55.6 Å². The fourth-order valence-corrected chi connectivity index (χ4v) is 20.9. The Kier molecular flexibility index (Phi) is 9.63. The van der Waals surface area contributed by atoms with Crippen LogP contribution in [0.25, 0.3) is 0 Å². The van der Waals surface area contributed by atoms with Gasteiger partial charge < -0.3 is 17.7 Å². The summed E-state index contributed by atoms with van der Waals surface area (Å²) in [6.45, 7) is 4.03. The van der Waals surface area contributed by atoms with E-state index in [4.69, 9.17) is 17.7 Å². The van der Waals surface area contributed by atoms with Crippen molar-refractivity contribution < 1.29 is 17.7 Å². The van der Waals surface area contributed by atoms with E-state index in [1.165, 1.54) is 0 Å². The van der Waals surface area contributed by atoms with Crippen LogP contribution in [0.3, 0.4) is 0 Å². The smallest absolute Gasteiger partial charge is 0.390 e. The maximum absolute atomic E-state index is 5.36. The first kappa shape index (κ1) is 17.7. The van der Waals surface area contributed by atoms with Crippen LogP contribution in [-0.2, 0) is 17.7 Å². The molecule has 4 nitrogen and oxygen atoms in total. The summed E-state index contributed by atoms with van der Waals surface area (Å²) in [6.07, 6.45) is 0. The third kappa shape index (κ3) is 6.56. The average Bonchev–Trinajstić information content (AvgIpc) is 2.34. The van der Waals surface area contributed by atoms with Crippen molar-refractivity contribution in [2.24, 2.45) is 0 Å². The largest absolute Gasteiger partial charge is 0.413 e. The Balaban J connectivity index is 3.83. The molecule has 98 valence electrons. The van der Waals surface area contributed by atoms with Crippen LogP contribution in [0.5, 0.6) is 0 Å². The van der Waals surface area contributed by atoms with Crippen molar-refractivity contribution in [3.63, 3.8) is 0 Å². The molecule has 0 saturated heterocycles. The lowest BCUT2D eigenvalue weighted by Crippen LogP contribution is -2.31. The minimum Gasteiger partial charge on any atom is -0.390 e. The molecule has 0 aromatic heterocycles. The molecule has 0 unspecified atom stereocenters. The summed E-state index contributed by atoms with van der Waals surface area (Å²) in [5, 5.41) is 0. The standard InChI is InChI=1S/C6H18O4S4Si2/c1-7-15(5,8-2)13-11-12-14-16(6,9-3)10-4/h1-6H3. The minimum atomic E-state index is -2.03. The zero-order valence-corrected chi connectivity index (χ0v) is 15.5. The molecule has 0 aromatic rings. The zero-order chi connectivity index (χ0) is 12.7. The Hall–Kier alpha value is 1.67. The maximum atomic E-state index is 5.36. The van der Waals surface area contributed by atoms with Crippen molar-refractivity contribution in [3.8, 4) is 0 Å². The Morgan fingerprint density at radius 2 is 0.875 bits per heavy atom. The lowest BCUT2D eigenvalue weighted by molar-refractivity contribution is 0.276. The first-order valence-electron chi connectivity index (χ1n) is 4.36. The van der Waals surface area contributed by atoms with E-state index in [1.807, 2.05) is 13.1 Å². The van der Waals surface area contributed by atoms with Gasteiger partial charge in [0.2, 0.25) is 0 Å². The Morgan fingerprint density at radius 3 is 1.06 bits per heavy atom. The first-order valence-corrected chi connectivity index (χ1v) is 15.3. The summed E-state index contributed by atoms with van der Waals surface area (Å²) in [5.74, 6) is 0. The van der Waals surface area contributed by atoms with Crippen LogP contribution in [-0.4, -0.2) is 43.9 Å². The van der Waals surface area contributed by atoms with Gasteiger partial charge in [0.15, 0.2) is 0 Å². The summed E-state index contributed by atoms with van der Waals surface area (Å²) in [6, 6.07) is 0. The molecule has 0 rings (SSSR count). The first-order chi connectivity index (χ1) is 7.45. The molecule has 0 atom stereocenters. The van der Waals surface area contributed by atoms with Crippen molar-refractivity contribution in [1.82, 2.24) is 0 Å². The van der Waals surface area contributed by atoms with Crippen LogP contribution in [0, 0.1) is 0 Å². The highest BCUT2D eigenvalue weighted by atomic mass is 33.7. The second kappa shape index (κ2) is 8.72. The molecular formula is C6H18O4S4Si2. The molecule has 0 aliphatic rings. The quantitative estimate of drug-likeness (QED) is 0.360. The molecule has 0 heterocycles. The van der Waals surface area contributed by atoms with Gasteiger partial charge in [-0.1, -0.05) is 0 Å². The molecular weight excluding hydrogens is 321 g/mol. The number of hydrogen-bond donors (Lipinski definition) is 0. The maximum Gasteiger partial charge on any atom is 0.413 e. The summed E-state index contributed by atoms with van der Waals surface area (Å²) in [5.41, 5.74) is 0. The van der Waals surface area contributed by atoms with Crippen molar-refractivity contribution in [3.05, 3.63) is 0 Å². The molecule has 16 heavy (non-hydrogen) atoms. The van der Waals surface area contributed by atoms with E-state index < -0.39 is 15.4 Å². The summed E-state index contributed by atoms with van der Waals surface area (Å²) < 4.78 is 21.4. The van der Waals surface area contributed by atoms with Gasteiger partial charge in [-0.15, -0.1) is 0 Å². The second-order valence-corrected chi connectivity index (χ2v) is 20.2. The summed E-state index contributed by atoms with van der Waals surface area (Å²) in [4.78, 5) is 0. The van der Waals surface area contributed by atoms with Crippen molar-refractivity contribution in [2.45, 2.75) is 13.1 Å². The van der Waals surface area contributed by atoms with E-state index in [-0.39, 0.29) is 0 Å². The van der Waals surface area contributed by atoms with E-state index >= 15 is 0 Å². The van der Waals surface area contributed by atoms with Gasteiger partial charge in [-0.3, -0.25) is 0 Å². The number of hydrogen-bond acceptors (Lipinski definition) is 8. The normalized spacial score (nSPS) is 13.1. The molecule has 0 aromatic carbocycles. The fourth-order valence-electron chi connectivity index (χ4n) is 0.454. The molecule has 0 spiro atoms. The average molecular weight is 339 g/mol. The fraction of sp³-hybridized carbons (Fsp3) is 1.00. The van der Waals surface area contributed by atoms with Gasteiger partial charge in [-0.05, 0) is 53.2 Å². The summed E-state index contributed by atoms with van der Waals surface area (Å²) in [7, 11) is 9.27. The molecule has 10 heteroatoms. The van der Waals surface area contributed by atoms with Crippen LogP contribution in [0.15, 0.2) is 0 Å². The van der Waals surface area contributed by atoms with Crippen LogP contribution in [0.2, 0.25) is 13.1 Å². The summed E-state index contributed by atoms with van der Waals surface area (Å²) >= 11 is 0. The molecule has 0 N–H and O–H groups in total.